The summed E-state index contributed by atoms with van der Waals surface area (Å²) in [4.78, 5) is 4.63. The van der Waals surface area contributed by atoms with Crippen molar-refractivity contribution < 1.29 is 4.74 Å². The lowest BCUT2D eigenvalue weighted by atomic mass is 9.96. The number of anilines is 1. The van der Waals surface area contributed by atoms with Crippen molar-refractivity contribution in [3.05, 3.63) is 65.9 Å². The third kappa shape index (κ3) is 2.71. The fourth-order valence-corrected chi connectivity index (χ4v) is 3.39. The molecule has 1 saturated carbocycles. The summed E-state index contributed by atoms with van der Waals surface area (Å²) in [6.07, 6.45) is 2.49. The summed E-state index contributed by atoms with van der Waals surface area (Å²) in [5.41, 5.74) is 4.88. The standard InChI is InChI=1S/C21H22N2O/c1-15-12-20(18-13-17(24-2)8-9-19(18)23-15)22-14-21(10-11-21)16-6-4-3-5-7-16/h3-9,12-13H,10-11,14H2,1-2H3,(H,22,23). The van der Waals surface area contributed by atoms with Gasteiger partial charge in [0, 0.05) is 28.7 Å². The molecule has 1 heterocycles. The largest absolute Gasteiger partial charge is 0.497 e. The van der Waals surface area contributed by atoms with Gasteiger partial charge in [-0.25, -0.2) is 0 Å². The highest BCUT2D eigenvalue weighted by Crippen LogP contribution is 2.48. The maximum absolute atomic E-state index is 5.38. The van der Waals surface area contributed by atoms with Gasteiger partial charge in [0.15, 0.2) is 0 Å². The molecule has 0 unspecified atom stereocenters. The van der Waals surface area contributed by atoms with Gasteiger partial charge in [0.25, 0.3) is 0 Å². The number of hydrogen-bond donors (Lipinski definition) is 1. The van der Waals surface area contributed by atoms with Crippen LogP contribution in [0.15, 0.2) is 54.6 Å². The van der Waals surface area contributed by atoms with Gasteiger partial charge in [0.05, 0.1) is 12.6 Å². The Bertz CT molecular complexity index is 870. The fourth-order valence-electron chi connectivity index (χ4n) is 3.39. The van der Waals surface area contributed by atoms with Gasteiger partial charge < -0.3 is 10.1 Å². The second-order valence-corrected chi connectivity index (χ2v) is 6.69. The average Bonchev–Trinajstić information content (AvgIpc) is 3.41. The molecule has 0 saturated heterocycles. The topological polar surface area (TPSA) is 34.1 Å². The molecule has 3 heteroatoms. The molecular formula is C21H22N2O. The minimum atomic E-state index is 0.281. The fraction of sp³-hybridized carbons (Fsp3) is 0.286. The van der Waals surface area contributed by atoms with Gasteiger partial charge in [0.1, 0.15) is 5.75 Å². The second-order valence-electron chi connectivity index (χ2n) is 6.69. The third-order valence-electron chi connectivity index (χ3n) is 5.00. The molecule has 1 fully saturated rings. The summed E-state index contributed by atoms with van der Waals surface area (Å²) in [7, 11) is 1.70. The number of aryl methyl sites for hydroxylation is 1. The Hall–Kier alpha value is -2.55. The molecule has 0 bridgehead atoms. The van der Waals surface area contributed by atoms with Crippen LogP contribution in [0.4, 0.5) is 5.69 Å². The molecule has 0 aliphatic heterocycles. The molecule has 1 aromatic heterocycles. The Kier molecular flexibility index (Phi) is 3.64. The molecule has 3 aromatic rings. The molecule has 0 radical (unpaired) electrons. The molecule has 1 aliphatic rings. The number of nitrogens with one attached hydrogen (secondary N) is 1. The molecule has 1 N–H and O–H groups in total. The second kappa shape index (κ2) is 5.82. The Morgan fingerprint density at radius 2 is 1.88 bits per heavy atom. The molecule has 2 aromatic carbocycles. The molecule has 0 amide bonds. The maximum Gasteiger partial charge on any atom is 0.119 e. The predicted molar refractivity (Wildman–Crippen MR) is 98.9 cm³/mol. The van der Waals surface area contributed by atoms with Crippen LogP contribution in [0.1, 0.15) is 24.1 Å². The van der Waals surface area contributed by atoms with Crippen LogP contribution in [0.3, 0.4) is 0 Å². The summed E-state index contributed by atoms with van der Waals surface area (Å²) < 4.78 is 5.38. The highest BCUT2D eigenvalue weighted by molar-refractivity contribution is 5.92. The van der Waals surface area contributed by atoms with Crippen molar-refractivity contribution in [3.8, 4) is 5.75 Å². The Balaban J connectivity index is 1.65. The van der Waals surface area contributed by atoms with Crippen molar-refractivity contribution in [1.82, 2.24) is 4.98 Å². The lowest BCUT2D eigenvalue weighted by Crippen LogP contribution is -2.19. The maximum atomic E-state index is 5.38. The monoisotopic (exact) mass is 318 g/mol. The van der Waals surface area contributed by atoms with Gasteiger partial charge in [-0.3, -0.25) is 4.98 Å². The molecule has 0 spiro atoms. The SMILES string of the molecule is COc1ccc2nc(C)cc(NCC3(c4ccccc4)CC3)c2c1. The minimum Gasteiger partial charge on any atom is -0.497 e. The molecule has 1 aliphatic carbocycles. The van der Waals surface area contributed by atoms with Gasteiger partial charge >= 0.3 is 0 Å². The van der Waals surface area contributed by atoms with E-state index in [0.29, 0.717) is 0 Å². The number of benzene rings is 2. The van der Waals surface area contributed by atoms with Gasteiger partial charge in [0.2, 0.25) is 0 Å². The molecule has 0 atom stereocenters. The molecule has 3 nitrogen and oxygen atoms in total. The summed E-state index contributed by atoms with van der Waals surface area (Å²) in [5, 5.41) is 4.80. The first-order valence-corrected chi connectivity index (χ1v) is 8.45. The van der Waals surface area contributed by atoms with Crippen molar-refractivity contribution in [1.29, 1.82) is 0 Å². The van der Waals surface area contributed by atoms with Crippen LogP contribution in [-0.2, 0) is 5.41 Å². The van der Waals surface area contributed by atoms with E-state index >= 15 is 0 Å². The zero-order chi connectivity index (χ0) is 16.6. The minimum absolute atomic E-state index is 0.281. The molecule has 24 heavy (non-hydrogen) atoms. The van der Waals surface area contributed by atoms with Crippen LogP contribution in [0.5, 0.6) is 5.75 Å². The first-order valence-electron chi connectivity index (χ1n) is 8.45. The van der Waals surface area contributed by atoms with E-state index in [2.05, 4.69) is 52.8 Å². The summed E-state index contributed by atoms with van der Waals surface area (Å²) in [6, 6.07) is 19.0. The van der Waals surface area contributed by atoms with Gasteiger partial charge in [-0.1, -0.05) is 30.3 Å². The van der Waals surface area contributed by atoms with Crippen LogP contribution >= 0.6 is 0 Å². The van der Waals surface area contributed by atoms with E-state index in [4.69, 9.17) is 4.74 Å². The van der Waals surface area contributed by atoms with Crippen molar-refractivity contribution in [2.24, 2.45) is 0 Å². The number of pyridine rings is 1. The summed E-state index contributed by atoms with van der Waals surface area (Å²) in [6.45, 7) is 2.99. The number of nitrogens with zero attached hydrogens (tertiary/aromatic N) is 1. The van der Waals surface area contributed by atoms with Crippen molar-refractivity contribution in [3.63, 3.8) is 0 Å². The first kappa shape index (κ1) is 15.0. The van der Waals surface area contributed by atoms with Crippen LogP contribution in [0.2, 0.25) is 0 Å². The average molecular weight is 318 g/mol. The normalized spacial score (nSPS) is 15.2. The highest BCUT2D eigenvalue weighted by Gasteiger charge is 2.43. The smallest absolute Gasteiger partial charge is 0.119 e. The molecular weight excluding hydrogens is 296 g/mol. The Morgan fingerprint density at radius 1 is 1.08 bits per heavy atom. The van der Waals surface area contributed by atoms with Gasteiger partial charge in [-0.05, 0) is 49.6 Å². The number of fused-ring (bicyclic) bond motifs is 1. The summed E-state index contributed by atoms with van der Waals surface area (Å²) >= 11 is 0. The molecule has 122 valence electrons. The van der Waals surface area contributed by atoms with Crippen molar-refractivity contribution >= 4 is 16.6 Å². The van der Waals surface area contributed by atoms with E-state index in [0.717, 1.165) is 34.6 Å². The zero-order valence-electron chi connectivity index (χ0n) is 14.2. The third-order valence-corrected chi connectivity index (χ3v) is 5.00. The Labute approximate surface area is 142 Å². The number of ether oxygens (including phenoxy) is 1. The number of aromatic nitrogens is 1. The Morgan fingerprint density at radius 3 is 2.58 bits per heavy atom. The van der Waals surface area contributed by atoms with E-state index in [1.165, 1.54) is 18.4 Å². The quantitative estimate of drug-likeness (QED) is 0.740. The number of methoxy groups -OCH3 is 1. The zero-order valence-corrected chi connectivity index (χ0v) is 14.2. The lowest BCUT2D eigenvalue weighted by molar-refractivity contribution is 0.415. The molecule has 4 rings (SSSR count). The number of hydrogen-bond acceptors (Lipinski definition) is 3. The van der Waals surface area contributed by atoms with E-state index in [-0.39, 0.29) is 5.41 Å². The van der Waals surface area contributed by atoms with Crippen LogP contribution in [-0.4, -0.2) is 18.6 Å². The highest BCUT2D eigenvalue weighted by atomic mass is 16.5. The van der Waals surface area contributed by atoms with E-state index in [1.807, 2.05) is 19.1 Å². The van der Waals surface area contributed by atoms with E-state index < -0.39 is 0 Å². The van der Waals surface area contributed by atoms with Crippen molar-refractivity contribution in [2.45, 2.75) is 25.2 Å². The van der Waals surface area contributed by atoms with E-state index in [9.17, 15) is 0 Å². The van der Waals surface area contributed by atoms with Gasteiger partial charge in [-0.15, -0.1) is 0 Å². The van der Waals surface area contributed by atoms with Crippen molar-refractivity contribution in [2.75, 3.05) is 19.0 Å². The van der Waals surface area contributed by atoms with Crippen LogP contribution in [0, 0.1) is 6.92 Å². The van der Waals surface area contributed by atoms with Crippen LogP contribution in [0.25, 0.3) is 10.9 Å². The van der Waals surface area contributed by atoms with Gasteiger partial charge in [-0.2, -0.15) is 0 Å². The summed E-state index contributed by atoms with van der Waals surface area (Å²) in [5.74, 6) is 0.861. The first-order chi connectivity index (χ1) is 11.7. The predicted octanol–water partition coefficient (Wildman–Crippen LogP) is 4.70. The van der Waals surface area contributed by atoms with E-state index in [1.54, 1.807) is 7.11 Å². The van der Waals surface area contributed by atoms with Crippen LogP contribution < -0.4 is 10.1 Å². The number of rotatable bonds is 5. The lowest BCUT2D eigenvalue weighted by Gasteiger charge is -2.19.